The molecule has 0 saturated heterocycles. The van der Waals surface area contributed by atoms with Gasteiger partial charge in [-0.05, 0) is 31.0 Å². The second kappa shape index (κ2) is 5.96. The van der Waals surface area contributed by atoms with Crippen LogP contribution >= 0.6 is 0 Å². The fourth-order valence-electron chi connectivity index (χ4n) is 2.71. The van der Waals surface area contributed by atoms with Gasteiger partial charge in [-0.3, -0.25) is 4.79 Å². The normalized spacial score (nSPS) is 13.9. The number of methoxy groups -OCH3 is 1. The van der Waals surface area contributed by atoms with Crippen molar-refractivity contribution in [2.24, 2.45) is 0 Å². The maximum atomic E-state index is 12.4. The highest BCUT2D eigenvalue weighted by Gasteiger charge is 2.26. The number of hydrogen-bond donors (Lipinski definition) is 1. The number of rotatable bonds is 5. The minimum absolute atomic E-state index is 0.218. The summed E-state index contributed by atoms with van der Waals surface area (Å²) in [5.74, 6) is 1.10. The number of carbonyl (C=O) groups excluding carboxylic acids is 1. The third-order valence-electron chi connectivity index (χ3n) is 4.20. The van der Waals surface area contributed by atoms with Crippen molar-refractivity contribution in [1.82, 2.24) is 19.9 Å². The Morgan fingerprint density at radius 1 is 1.29 bits per heavy atom. The standard InChI is InChI=1S/C18H18N4O2/c1-24-16-5-3-2-4-13(16)10-19-18(23)14-8-9-17-20-15(12-6-7-12)11-22(17)21-14/h2-5,8-9,11-12H,6-7,10H2,1H3,(H,19,23). The average molecular weight is 322 g/mol. The molecule has 6 heteroatoms. The van der Waals surface area contributed by atoms with Gasteiger partial charge in [-0.2, -0.15) is 5.10 Å². The molecule has 1 saturated carbocycles. The van der Waals surface area contributed by atoms with Crippen LogP contribution in [0.2, 0.25) is 0 Å². The van der Waals surface area contributed by atoms with Gasteiger partial charge in [0, 0.05) is 18.0 Å². The third-order valence-corrected chi connectivity index (χ3v) is 4.20. The molecule has 3 aromatic rings. The summed E-state index contributed by atoms with van der Waals surface area (Å²) in [4.78, 5) is 16.9. The van der Waals surface area contributed by atoms with E-state index in [9.17, 15) is 4.79 Å². The molecule has 4 rings (SSSR count). The van der Waals surface area contributed by atoms with Gasteiger partial charge in [-0.25, -0.2) is 9.50 Å². The van der Waals surface area contributed by atoms with Crippen LogP contribution in [0.15, 0.2) is 42.6 Å². The summed E-state index contributed by atoms with van der Waals surface area (Å²) in [6, 6.07) is 11.1. The second-order valence-electron chi connectivity index (χ2n) is 5.96. The number of benzene rings is 1. The number of ether oxygens (including phenoxy) is 1. The Balaban J connectivity index is 1.50. The van der Waals surface area contributed by atoms with Gasteiger partial charge in [0.25, 0.3) is 5.91 Å². The molecule has 0 aliphatic heterocycles. The number of hydrogen-bond acceptors (Lipinski definition) is 4. The third kappa shape index (κ3) is 2.82. The van der Waals surface area contributed by atoms with E-state index < -0.39 is 0 Å². The van der Waals surface area contributed by atoms with E-state index >= 15 is 0 Å². The summed E-state index contributed by atoms with van der Waals surface area (Å²) >= 11 is 0. The van der Waals surface area contributed by atoms with Gasteiger partial charge < -0.3 is 10.1 Å². The van der Waals surface area contributed by atoms with E-state index in [1.54, 1.807) is 17.7 Å². The predicted octanol–water partition coefficient (Wildman–Crippen LogP) is 2.55. The first kappa shape index (κ1) is 14.7. The molecule has 24 heavy (non-hydrogen) atoms. The summed E-state index contributed by atoms with van der Waals surface area (Å²) in [7, 11) is 1.62. The van der Waals surface area contributed by atoms with Gasteiger partial charge in [0.2, 0.25) is 0 Å². The molecular weight excluding hydrogens is 304 g/mol. The first-order valence-corrected chi connectivity index (χ1v) is 8.01. The Bertz CT molecular complexity index is 899. The van der Waals surface area contributed by atoms with E-state index in [1.165, 1.54) is 12.8 Å². The van der Waals surface area contributed by atoms with Crippen LogP contribution in [-0.2, 0) is 6.54 Å². The lowest BCUT2D eigenvalue weighted by atomic mass is 10.2. The molecule has 0 radical (unpaired) electrons. The molecule has 1 aromatic carbocycles. The van der Waals surface area contributed by atoms with Crippen molar-refractivity contribution in [2.45, 2.75) is 25.3 Å². The monoisotopic (exact) mass is 322 g/mol. The van der Waals surface area contributed by atoms with Crippen LogP contribution in [0.25, 0.3) is 5.65 Å². The Morgan fingerprint density at radius 3 is 2.92 bits per heavy atom. The second-order valence-corrected chi connectivity index (χ2v) is 5.96. The summed E-state index contributed by atoms with van der Waals surface area (Å²) in [6.07, 6.45) is 4.30. The van der Waals surface area contributed by atoms with E-state index in [-0.39, 0.29) is 5.91 Å². The zero-order chi connectivity index (χ0) is 16.5. The van der Waals surface area contributed by atoms with Gasteiger partial charge in [0.15, 0.2) is 5.65 Å². The molecule has 1 fully saturated rings. The molecule has 2 aromatic heterocycles. The van der Waals surface area contributed by atoms with Crippen molar-refractivity contribution >= 4 is 11.6 Å². The van der Waals surface area contributed by atoms with Crippen molar-refractivity contribution in [3.05, 3.63) is 59.5 Å². The maximum absolute atomic E-state index is 12.4. The highest BCUT2D eigenvalue weighted by atomic mass is 16.5. The van der Waals surface area contributed by atoms with Crippen molar-refractivity contribution < 1.29 is 9.53 Å². The Hall–Kier alpha value is -2.89. The fourth-order valence-corrected chi connectivity index (χ4v) is 2.71. The SMILES string of the molecule is COc1ccccc1CNC(=O)c1ccc2nc(C3CC3)cn2n1. The molecule has 2 heterocycles. The average Bonchev–Trinajstić information content (AvgIpc) is 3.38. The number of nitrogens with zero attached hydrogens (tertiary/aromatic N) is 3. The Labute approximate surface area is 139 Å². The fraction of sp³-hybridized carbons (Fsp3) is 0.278. The molecule has 0 spiro atoms. The number of fused-ring (bicyclic) bond motifs is 1. The van der Waals surface area contributed by atoms with Gasteiger partial charge in [-0.15, -0.1) is 0 Å². The number of amides is 1. The molecule has 0 unspecified atom stereocenters. The molecule has 0 bridgehead atoms. The Kier molecular flexibility index (Phi) is 3.65. The number of aromatic nitrogens is 3. The highest BCUT2D eigenvalue weighted by Crippen LogP contribution is 2.39. The van der Waals surface area contributed by atoms with Gasteiger partial charge in [-0.1, -0.05) is 18.2 Å². The molecule has 1 aliphatic carbocycles. The molecular formula is C18H18N4O2. The van der Waals surface area contributed by atoms with Crippen LogP contribution in [0.1, 0.15) is 40.5 Å². The van der Waals surface area contributed by atoms with Gasteiger partial charge in [0.05, 0.1) is 19.0 Å². The van der Waals surface area contributed by atoms with Crippen molar-refractivity contribution in [3.8, 4) is 5.75 Å². The van der Waals surface area contributed by atoms with Crippen molar-refractivity contribution in [2.75, 3.05) is 7.11 Å². The van der Waals surface area contributed by atoms with Crippen LogP contribution in [0.3, 0.4) is 0 Å². The Morgan fingerprint density at radius 2 is 2.12 bits per heavy atom. The highest BCUT2D eigenvalue weighted by molar-refractivity contribution is 5.92. The van der Waals surface area contributed by atoms with E-state index in [2.05, 4.69) is 15.4 Å². The maximum Gasteiger partial charge on any atom is 0.272 e. The van der Waals surface area contributed by atoms with Crippen molar-refractivity contribution in [1.29, 1.82) is 0 Å². The number of nitrogens with one attached hydrogen (secondary N) is 1. The minimum Gasteiger partial charge on any atom is -0.496 e. The first-order valence-electron chi connectivity index (χ1n) is 8.01. The van der Waals surface area contributed by atoms with Crippen molar-refractivity contribution in [3.63, 3.8) is 0 Å². The summed E-state index contributed by atoms with van der Waals surface area (Å²) in [5, 5.41) is 7.25. The summed E-state index contributed by atoms with van der Waals surface area (Å²) in [5.41, 5.74) is 3.14. The lowest BCUT2D eigenvalue weighted by Gasteiger charge is -2.09. The van der Waals surface area contributed by atoms with E-state index in [4.69, 9.17) is 4.74 Å². The molecule has 6 nitrogen and oxygen atoms in total. The van der Waals surface area contributed by atoms with Crippen LogP contribution in [0.5, 0.6) is 5.75 Å². The zero-order valence-electron chi connectivity index (χ0n) is 13.4. The first-order chi connectivity index (χ1) is 11.7. The zero-order valence-corrected chi connectivity index (χ0v) is 13.4. The molecule has 1 amide bonds. The smallest absolute Gasteiger partial charge is 0.272 e. The van der Waals surface area contributed by atoms with E-state index in [1.807, 2.05) is 36.5 Å². The summed E-state index contributed by atoms with van der Waals surface area (Å²) < 4.78 is 6.98. The van der Waals surface area contributed by atoms with Crippen LogP contribution in [0, 0.1) is 0 Å². The molecule has 0 atom stereocenters. The van der Waals surface area contributed by atoms with Crippen LogP contribution in [0.4, 0.5) is 0 Å². The van der Waals surface area contributed by atoms with E-state index in [0.717, 1.165) is 22.7 Å². The quantitative estimate of drug-likeness (QED) is 0.784. The summed E-state index contributed by atoms with van der Waals surface area (Å²) in [6.45, 7) is 0.389. The molecule has 122 valence electrons. The minimum atomic E-state index is -0.218. The van der Waals surface area contributed by atoms with E-state index in [0.29, 0.717) is 18.2 Å². The number of carbonyl (C=O) groups is 1. The number of para-hydroxylation sites is 1. The lowest BCUT2D eigenvalue weighted by molar-refractivity contribution is 0.0944. The molecule has 1 aliphatic rings. The topological polar surface area (TPSA) is 68.5 Å². The predicted molar refractivity (Wildman–Crippen MR) is 89.1 cm³/mol. The lowest BCUT2D eigenvalue weighted by Crippen LogP contribution is -2.24. The largest absolute Gasteiger partial charge is 0.496 e. The van der Waals surface area contributed by atoms with Gasteiger partial charge in [0.1, 0.15) is 11.4 Å². The van der Waals surface area contributed by atoms with Crippen LogP contribution in [-0.4, -0.2) is 27.6 Å². The number of imidazole rings is 1. The van der Waals surface area contributed by atoms with Gasteiger partial charge >= 0.3 is 0 Å². The van der Waals surface area contributed by atoms with Crippen LogP contribution < -0.4 is 10.1 Å². The molecule has 1 N–H and O–H groups in total.